The molecule has 1 aliphatic heterocycles. The summed E-state index contributed by atoms with van der Waals surface area (Å²) >= 11 is 24.7. The minimum atomic E-state index is -1.86. The molecule has 11 heteroatoms. The third-order valence-corrected chi connectivity index (χ3v) is 6.76. The third-order valence-electron chi connectivity index (χ3n) is 5.68. The first kappa shape index (κ1) is 26.2. The molecule has 0 bridgehead atoms. The molecule has 1 atom stereocenters. The Kier molecular flexibility index (Phi) is 8.00. The fraction of sp³-hybridized carbons (Fsp3) is 0.200. The first-order chi connectivity index (χ1) is 17.1. The zero-order chi connectivity index (χ0) is 25.9. The number of carbonyl (C=O) groups is 2. The van der Waals surface area contributed by atoms with Crippen molar-refractivity contribution >= 4 is 86.6 Å². The van der Waals surface area contributed by atoms with Gasteiger partial charge in [-0.05, 0) is 54.5 Å². The highest BCUT2D eigenvalue weighted by Crippen LogP contribution is 2.35. The lowest BCUT2D eigenvalue weighted by atomic mass is 10.1. The number of amides is 2. The SMILES string of the molecule is NC(=O)c1ccc(/C=C/C(=O)NC(N2CCCN(c3cccc4cccnc34)C2=S)C(Cl)(Cl)Cl)cc1. The number of aromatic nitrogens is 1. The lowest BCUT2D eigenvalue weighted by Crippen LogP contribution is -2.62. The van der Waals surface area contributed by atoms with Gasteiger partial charge >= 0.3 is 0 Å². The molecule has 3 N–H and O–H groups in total. The highest BCUT2D eigenvalue weighted by molar-refractivity contribution is 7.80. The zero-order valence-electron chi connectivity index (χ0n) is 18.9. The molecule has 0 spiro atoms. The fourth-order valence-corrected chi connectivity index (χ4v) is 4.87. The van der Waals surface area contributed by atoms with Crippen molar-refractivity contribution in [2.75, 3.05) is 18.0 Å². The monoisotopic (exact) mass is 561 g/mol. The molecule has 1 saturated heterocycles. The van der Waals surface area contributed by atoms with Gasteiger partial charge in [-0.15, -0.1) is 0 Å². The predicted octanol–water partition coefficient (Wildman–Crippen LogP) is 4.66. The molecule has 7 nitrogen and oxygen atoms in total. The Morgan fingerprint density at radius 1 is 1.08 bits per heavy atom. The maximum atomic E-state index is 12.8. The van der Waals surface area contributed by atoms with Gasteiger partial charge in [-0.2, -0.15) is 0 Å². The lowest BCUT2D eigenvalue weighted by Gasteiger charge is -2.44. The molecule has 2 heterocycles. The van der Waals surface area contributed by atoms with Gasteiger partial charge in [0, 0.05) is 36.3 Å². The molecule has 1 unspecified atom stereocenters. The van der Waals surface area contributed by atoms with E-state index in [1.807, 2.05) is 35.2 Å². The Morgan fingerprint density at radius 3 is 2.50 bits per heavy atom. The second kappa shape index (κ2) is 11.0. The van der Waals surface area contributed by atoms with E-state index in [-0.39, 0.29) is 0 Å². The zero-order valence-corrected chi connectivity index (χ0v) is 22.0. The molecule has 186 valence electrons. The molecule has 0 saturated carbocycles. The summed E-state index contributed by atoms with van der Waals surface area (Å²) < 4.78 is -1.86. The van der Waals surface area contributed by atoms with E-state index in [1.54, 1.807) is 41.4 Å². The third kappa shape index (κ3) is 5.90. The Balaban J connectivity index is 1.54. The van der Waals surface area contributed by atoms with Crippen molar-refractivity contribution in [3.63, 3.8) is 0 Å². The van der Waals surface area contributed by atoms with Crippen molar-refractivity contribution in [3.05, 3.63) is 78.0 Å². The standard InChI is InChI=1S/C25H22Cl3N5O2S/c26-25(27,28)23(31-20(34)12-9-16-7-10-18(11-8-16)22(29)35)33-15-3-14-32(24(33)36)19-6-1-4-17-5-2-13-30-21(17)19/h1-2,4-13,23H,3,14-15H2,(H2,29,35)(H,31,34)/b12-9+. The Bertz CT molecular complexity index is 1320. The van der Waals surface area contributed by atoms with Crippen molar-refractivity contribution in [1.29, 1.82) is 0 Å². The van der Waals surface area contributed by atoms with Gasteiger partial charge in [-0.25, -0.2) is 0 Å². The van der Waals surface area contributed by atoms with Gasteiger partial charge in [0.05, 0.1) is 11.2 Å². The number of hydrogen-bond acceptors (Lipinski definition) is 4. The van der Waals surface area contributed by atoms with Crippen molar-refractivity contribution < 1.29 is 9.59 Å². The first-order valence-corrected chi connectivity index (χ1v) is 12.6. The number of nitrogens with one attached hydrogen (secondary N) is 1. The Morgan fingerprint density at radius 2 is 1.81 bits per heavy atom. The topological polar surface area (TPSA) is 91.6 Å². The summed E-state index contributed by atoms with van der Waals surface area (Å²) in [6.07, 6.45) is 4.34. The summed E-state index contributed by atoms with van der Waals surface area (Å²) in [5.41, 5.74) is 7.98. The average molecular weight is 563 g/mol. The molecule has 0 radical (unpaired) electrons. The second-order valence-electron chi connectivity index (χ2n) is 8.11. The predicted molar refractivity (Wildman–Crippen MR) is 149 cm³/mol. The van der Waals surface area contributed by atoms with Crippen LogP contribution < -0.4 is 16.0 Å². The van der Waals surface area contributed by atoms with E-state index < -0.39 is 21.8 Å². The smallest absolute Gasteiger partial charge is 0.248 e. The van der Waals surface area contributed by atoms with E-state index in [0.29, 0.717) is 29.3 Å². The van der Waals surface area contributed by atoms with Crippen LogP contribution in [0.25, 0.3) is 17.0 Å². The van der Waals surface area contributed by atoms with Gasteiger partial charge in [0.25, 0.3) is 0 Å². The van der Waals surface area contributed by atoms with Crippen molar-refractivity contribution in [3.8, 4) is 0 Å². The van der Waals surface area contributed by atoms with Crippen LogP contribution in [0, 0.1) is 0 Å². The molecule has 0 aliphatic carbocycles. The maximum absolute atomic E-state index is 12.8. The molecule has 2 aromatic carbocycles. The average Bonchev–Trinajstić information content (AvgIpc) is 2.86. The quantitative estimate of drug-likeness (QED) is 0.258. The van der Waals surface area contributed by atoms with Gasteiger partial charge in [0.15, 0.2) is 11.3 Å². The van der Waals surface area contributed by atoms with E-state index in [9.17, 15) is 9.59 Å². The van der Waals surface area contributed by atoms with Crippen LogP contribution in [0.15, 0.2) is 66.9 Å². The molecule has 36 heavy (non-hydrogen) atoms. The van der Waals surface area contributed by atoms with Gasteiger partial charge in [0.1, 0.15) is 0 Å². The minimum absolute atomic E-state index is 0.373. The largest absolute Gasteiger partial charge is 0.366 e. The number of fused-ring (bicyclic) bond motifs is 1. The van der Waals surface area contributed by atoms with E-state index >= 15 is 0 Å². The Labute approximate surface area is 228 Å². The molecule has 4 rings (SSSR count). The van der Waals surface area contributed by atoms with Crippen LogP contribution in [0.3, 0.4) is 0 Å². The minimum Gasteiger partial charge on any atom is -0.366 e. The van der Waals surface area contributed by atoms with Crippen LogP contribution in [-0.2, 0) is 4.79 Å². The first-order valence-electron chi connectivity index (χ1n) is 11.0. The van der Waals surface area contributed by atoms with Crippen molar-refractivity contribution in [2.45, 2.75) is 16.4 Å². The van der Waals surface area contributed by atoms with Crippen LogP contribution in [-0.4, -0.2) is 49.9 Å². The second-order valence-corrected chi connectivity index (χ2v) is 10.8. The molecule has 3 aromatic rings. The number of anilines is 1. The number of hydrogen-bond donors (Lipinski definition) is 2. The number of carbonyl (C=O) groups excluding carboxylic acids is 2. The van der Waals surface area contributed by atoms with Crippen LogP contribution in [0.4, 0.5) is 5.69 Å². The van der Waals surface area contributed by atoms with Crippen molar-refractivity contribution in [1.82, 2.24) is 15.2 Å². The molecule has 2 amide bonds. The number of para-hydroxylation sites is 1. The summed E-state index contributed by atoms with van der Waals surface area (Å²) in [6.45, 7) is 1.15. The summed E-state index contributed by atoms with van der Waals surface area (Å²) in [7, 11) is 0. The number of alkyl halides is 3. The number of nitrogens with zero attached hydrogens (tertiary/aromatic N) is 3. The fourth-order valence-electron chi connectivity index (χ4n) is 3.96. The molecule has 1 aromatic heterocycles. The number of nitrogens with two attached hydrogens (primary N) is 1. The van der Waals surface area contributed by atoms with Crippen molar-refractivity contribution in [2.24, 2.45) is 5.73 Å². The lowest BCUT2D eigenvalue weighted by molar-refractivity contribution is -0.117. The van der Waals surface area contributed by atoms with Crippen LogP contribution in [0.5, 0.6) is 0 Å². The molecular weight excluding hydrogens is 541 g/mol. The number of benzene rings is 2. The van der Waals surface area contributed by atoms with E-state index in [0.717, 1.165) is 23.0 Å². The van der Waals surface area contributed by atoms with E-state index in [2.05, 4.69) is 10.3 Å². The summed E-state index contributed by atoms with van der Waals surface area (Å²) in [5, 5.41) is 4.17. The van der Waals surface area contributed by atoms with Gasteiger partial charge in [-0.1, -0.05) is 65.1 Å². The summed E-state index contributed by atoms with van der Waals surface area (Å²) in [6, 6.07) is 16.2. The van der Waals surface area contributed by atoms with Crippen LogP contribution >= 0.6 is 47.0 Å². The van der Waals surface area contributed by atoms with Crippen LogP contribution in [0.2, 0.25) is 0 Å². The molecular formula is C25H22Cl3N5O2S. The normalized spacial score (nSPS) is 15.4. The number of primary amides is 1. The summed E-state index contributed by atoms with van der Waals surface area (Å²) in [5.74, 6) is -1.00. The molecule has 1 fully saturated rings. The number of rotatable bonds is 6. The Hall–Kier alpha value is -2.91. The number of pyridine rings is 1. The molecule has 1 aliphatic rings. The van der Waals surface area contributed by atoms with Crippen LogP contribution in [0.1, 0.15) is 22.3 Å². The number of halogens is 3. The number of thiocarbonyl (C=S) groups is 1. The van der Waals surface area contributed by atoms with Gasteiger partial charge < -0.3 is 20.9 Å². The maximum Gasteiger partial charge on any atom is 0.248 e. The van der Waals surface area contributed by atoms with E-state index in [4.69, 9.17) is 52.8 Å². The van der Waals surface area contributed by atoms with Gasteiger partial charge in [0.2, 0.25) is 15.6 Å². The highest BCUT2D eigenvalue weighted by atomic mass is 35.6. The van der Waals surface area contributed by atoms with Gasteiger partial charge in [-0.3, -0.25) is 14.6 Å². The summed E-state index contributed by atoms with van der Waals surface area (Å²) in [4.78, 5) is 32.2. The van der Waals surface area contributed by atoms with E-state index in [1.165, 1.54) is 6.08 Å². The highest BCUT2D eigenvalue weighted by Gasteiger charge is 2.42.